The molecule has 0 saturated carbocycles. The lowest BCUT2D eigenvalue weighted by Crippen LogP contribution is -2.51. The number of hydrogen-bond donors (Lipinski definition) is 18. The van der Waals surface area contributed by atoms with E-state index < -0.39 is 133 Å². The molecule has 0 aliphatic heterocycles. The minimum atomic E-state index is -3.44. The second kappa shape index (κ2) is 11.2. The highest BCUT2D eigenvalue weighted by Gasteiger charge is 2.40. The van der Waals surface area contributed by atoms with Crippen LogP contribution in [-0.2, 0) is 0 Å². The van der Waals surface area contributed by atoms with Gasteiger partial charge in [0.25, 0.3) is 5.91 Å². The molecule has 3 rings (SSSR count). The van der Waals surface area contributed by atoms with Gasteiger partial charge in [-0.2, -0.15) is 0 Å². The molecular weight excluding hydrogens is 612 g/mol. The molecule has 0 spiro atoms. The highest BCUT2D eigenvalue weighted by atomic mass is 35.5. The Kier molecular flexibility index (Phi) is 8.34. The molecule has 0 aromatic heterocycles. The zero-order valence-corrected chi connectivity index (χ0v) is 21.7. The van der Waals surface area contributed by atoms with E-state index in [1.807, 2.05) is 5.32 Å². The van der Waals surface area contributed by atoms with Gasteiger partial charge in [-0.3, -0.25) is 5.32 Å². The molecule has 0 heterocycles. The summed E-state index contributed by atoms with van der Waals surface area (Å²) in [5, 5.41) is 164. The Labute approximate surface area is 242 Å². The van der Waals surface area contributed by atoms with Crippen molar-refractivity contribution in [2.75, 3.05) is 18.4 Å². The molecule has 43 heavy (non-hydrogen) atoms. The molecule has 234 valence electrons. The summed E-state index contributed by atoms with van der Waals surface area (Å²) in [6.07, 6.45) is -2.67. The van der Waals surface area contributed by atoms with E-state index in [1.165, 1.54) is 0 Å². The molecule has 19 nitrogen and oxygen atoms in total. The van der Waals surface area contributed by atoms with Crippen LogP contribution in [0.15, 0.2) is 0 Å². The Morgan fingerprint density at radius 2 is 1.12 bits per heavy atom. The summed E-state index contributed by atoms with van der Waals surface area (Å²) in [4.78, 5) is 11.5. The average molecular weight is 635 g/mol. The average Bonchev–Trinajstić information content (AvgIpc) is 2.93. The maximum absolute atomic E-state index is 11.5. The number of aliphatic hydroxyl groups excluding tert-OH is 1. The summed E-state index contributed by atoms with van der Waals surface area (Å²) in [5.74, 6) is -22.1. The van der Waals surface area contributed by atoms with Crippen LogP contribution >= 0.6 is 11.6 Å². The molecule has 0 aliphatic carbocycles. The third kappa shape index (κ3) is 5.13. The van der Waals surface area contributed by atoms with E-state index in [4.69, 9.17) is 11.6 Å². The zero-order chi connectivity index (χ0) is 32.9. The summed E-state index contributed by atoms with van der Waals surface area (Å²) in [7, 11) is 0. The third-order valence-corrected chi connectivity index (χ3v) is 6.45. The predicted octanol–water partition coefficient (Wildman–Crippen LogP) is -0.454. The van der Waals surface area contributed by atoms with Crippen molar-refractivity contribution in [1.82, 2.24) is 5.32 Å². The number of rotatable bonds is 9. The number of carboxylic acid groups (broad SMARTS) is 1. The molecule has 1 unspecified atom stereocenters. The van der Waals surface area contributed by atoms with Crippen molar-refractivity contribution in [3.63, 3.8) is 0 Å². The highest BCUT2D eigenvalue weighted by molar-refractivity contribution is 6.34. The van der Waals surface area contributed by atoms with E-state index in [-0.39, 0.29) is 0 Å². The fourth-order valence-electron chi connectivity index (χ4n) is 3.92. The Hall–Kier alpha value is -5.34. The van der Waals surface area contributed by atoms with Gasteiger partial charge in [0, 0.05) is 13.1 Å². The van der Waals surface area contributed by atoms with Crippen molar-refractivity contribution in [2.24, 2.45) is 0 Å². The number of nitrogens with one attached hydrogen (secondary N) is 2. The van der Waals surface area contributed by atoms with Gasteiger partial charge in [-0.05, 0) is 0 Å². The van der Waals surface area contributed by atoms with Crippen molar-refractivity contribution in [1.29, 1.82) is 0 Å². The van der Waals surface area contributed by atoms with E-state index in [1.54, 1.807) is 0 Å². The van der Waals surface area contributed by atoms with Gasteiger partial charge in [0.2, 0.25) is 17.2 Å². The van der Waals surface area contributed by atoms with Gasteiger partial charge >= 0.3 is 5.97 Å². The quantitative estimate of drug-likeness (QED) is 0.0612. The highest BCUT2D eigenvalue weighted by Crippen LogP contribution is 2.60. The summed E-state index contributed by atoms with van der Waals surface area (Å²) >= 11 is 5.57. The van der Waals surface area contributed by atoms with E-state index in [0.29, 0.717) is 0 Å². The number of anilines is 1. The number of phenols is 12. The number of carbonyl (C=O) groups is 1. The normalized spacial score (nSPS) is 12.3. The molecule has 3 aromatic rings. The van der Waals surface area contributed by atoms with Crippen molar-refractivity contribution < 1.29 is 86.5 Å². The van der Waals surface area contributed by atoms with Gasteiger partial charge in [0.15, 0.2) is 46.4 Å². The molecule has 18 N–H and O–H groups in total. The number of aromatic carboxylic acids is 1. The van der Waals surface area contributed by atoms with Gasteiger partial charge in [-0.1, -0.05) is 11.6 Å². The number of carboxylic acids is 1. The van der Waals surface area contributed by atoms with Crippen LogP contribution in [0.2, 0.25) is 5.02 Å². The topological polar surface area (TPSA) is 365 Å². The third-order valence-electron chi connectivity index (χ3n) is 6.10. The van der Waals surface area contributed by atoms with Crippen LogP contribution in [0.25, 0.3) is 11.1 Å². The number of aliphatic hydroxyl groups is 3. The number of benzene rings is 3. The Morgan fingerprint density at radius 3 is 1.65 bits per heavy atom. The van der Waals surface area contributed by atoms with Crippen LogP contribution in [-0.4, -0.2) is 107 Å². The first-order chi connectivity index (χ1) is 19.8. The van der Waals surface area contributed by atoms with Crippen molar-refractivity contribution in [3.8, 4) is 80.1 Å². The SMILES string of the molecule is O=C(O)c1c(O)c(O)c(O)c(-c2c(O)c(O)c(O)c(NCCNC(O)(O)C(O)c3c(O)c(O)c(O)c(Cl)c3O)c2O)c1O. The Bertz CT molecular complexity index is 1610. The molecule has 0 saturated heterocycles. The zero-order valence-electron chi connectivity index (χ0n) is 20.9. The predicted molar refractivity (Wildman–Crippen MR) is 139 cm³/mol. The van der Waals surface area contributed by atoms with Gasteiger partial charge < -0.3 is 87.0 Å². The Balaban J connectivity index is 1.95. The Morgan fingerprint density at radius 1 is 0.628 bits per heavy atom. The summed E-state index contributed by atoms with van der Waals surface area (Å²) < 4.78 is 0. The molecule has 0 radical (unpaired) electrons. The first-order valence-electron chi connectivity index (χ1n) is 11.3. The molecule has 0 amide bonds. The maximum Gasteiger partial charge on any atom is 0.343 e. The summed E-state index contributed by atoms with van der Waals surface area (Å²) in [6, 6.07) is 0. The minimum Gasteiger partial charge on any atom is -0.506 e. The van der Waals surface area contributed by atoms with Gasteiger partial charge in [-0.25, -0.2) is 4.79 Å². The van der Waals surface area contributed by atoms with E-state index >= 15 is 0 Å². The van der Waals surface area contributed by atoms with Gasteiger partial charge in [0.05, 0.1) is 16.7 Å². The largest absolute Gasteiger partial charge is 0.506 e. The van der Waals surface area contributed by atoms with Crippen LogP contribution in [0.1, 0.15) is 22.0 Å². The molecule has 0 bridgehead atoms. The van der Waals surface area contributed by atoms with E-state index in [0.717, 1.165) is 0 Å². The first-order valence-corrected chi connectivity index (χ1v) is 11.7. The monoisotopic (exact) mass is 634 g/mol. The second-order valence-electron chi connectivity index (χ2n) is 8.70. The van der Waals surface area contributed by atoms with Crippen molar-refractivity contribution >= 4 is 23.3 Å². The maximum atomic E-state index is 11.5. The summed E-state index contributed by atoms with van der Waals surface area (Å²) in [6.45, 7) is -1.29. The lowest BCUT2D eigenvalue weighted by atomic mass is 9.95. The smallest absolute Gasteiger partial charge is 0.343 e. The van der Waals surface area contributed by atoms with Gasteiger partial charge in [-0.15, -0.1) is 0 Å². The lowest BCUT2D eigenvalue weighted by Gasteiger charge is -2.30. The fraction of sp³-hybridized carbons (Fsp3) is 0.174. The lowest BCUT2D eigenvalue weighted by molar-refractivity contribution is -0.248. The fourth-order valence-corrected chi connectivity index (χ4v) is 4.11. The molecular formula is C23H23ClN2O17. The van der Waals surface area contributed by atoms with Crippen LogP contribution in [0.3, 0.4) is 0 Å². The molecule has 0 fully saturated rings. The van der Waals surface area contributed by atoms with Crippen LogP contribution in [0.4, 0.5) is 5.69 Å². The molecule has 0 aliphatic rings. The van der Waals surface area contributed by atoms with Crippen molar-refractivity contribution in [3.05, 3.63) is 16.1 Å². The van der Waals surface area contributed by atoms with E-state index in [9.17, 15) is 86.5 Å². The standard InChI is InChI=1S/C23H23ClN2O17/c24-7-10(28)5(14(32)19(37)16(7)34)21(39)23(42,43)26-2-1-25-8-11(29)4(13(31)20(38)17(8)35)3-9(27)6(22(40)41)15(33)18(36)12(3)30/h21,25-39,42-43H,1-2H2,(H,40,41). The number of hydrogen-bond acceptors (Lipinski definition) is 18. The second-order valence-corrected chi connectivity index (χ2v) is 9.08. The molecule has 3 aromatic carbocycles. The van der Waals surface area contributed by atoms with Crippen LogP contribution < -0.4 is 10.6 Å². The summed E-state index contributed by atoms with van der Waals surface area (Å²) in [5.41, 5.74) is -5.81. The van der Waals surface area contributed by atoms with Gasteiger partial charge in [0.1, 0.15) is 27.8 Å². The van der Waals surface area contributed by atoms with Crippen LogP contribution in [0.5, 0.6) is 69.0 Å². The number of halogens is 1. The minimum absolute atomic E-state index is 0.612. The van der Waals surface area contributed by atoms with E-state index in [2.05, 4.69) is 5.32 Å². The van der Waals surface area contributed by atoms with Crippen LogP contribution in [0, 0.1) is 0 Å². The first kappa shape index (κ1) is 32.2. The molecule has 20 heteroatoms. The molecule has 1 atom stereocenters. The van der Waals surface area contributed by atoms with Crippen molar-refractivity contribution in [2.45, 2.75) is 12.0 Å². The number of aromatic hydroxyl groups is 12. The number of phenolic OH excluding ortho intramolecular Hbond substituents is 10.